The Kier molecular flexibility index (Phi) is 3.65. The van der Waals surface area contributed by atoms with Crippen LogP contribution in [0, 0.1) is 0 Å². The van der Waals surface area contributed by atoms with Crippen molar-refractivity contribution in [1.29, 1.82) is 0 Å². The average molecular weight is 381 g/mol. The van der Waals surface area contributed by atoms with E-state index in [1.54, 1.807) is 31.4 Å². The number of hydrogen-bond donors (Lipinski definition) is 0. The van der Waals surface area contributed by atoms with Gasteiger partial charge in [-0.15, -0.1) is 0 Å². The molecule has 3 aliphatic rings. The van der Waals surface area contributed by atoms with E-state index in [2.05, 4.69) is 5.16 Å². The van der Waals surface area contributed by atoms with Gasteiger partial charge in [0.2, 0.25) is 13.6 Å². The second-order valence-electron chi connectivity index (χ2n) is 6.20. The Morgan fingerprint density at radius 3 is 2.00 bits per heavy atom. The fraction of sp³-hybridized carbons (Fsp3) is 0.200. The van der Waals surface area contributed by atoms with Gasteiger partial charge in [0.15, 0.2) is 28.8 Å². The molecule has 142 valence electrons. The average Bonchev–Trinajstić information content (AvgIpc) is 3.35. The van der Waals surface area contributed by atoms with Crippen molar-refractivity contribution >= 4 is 17.1 Å². The first-order chi connectivity index (χ1) is 13.7. The van der Waals surface area contributed by atoms with Crippen molar-refractivity contribution in [1.82, 2.24) is 0 Å². The second kappa shape index (κ2) is 6.19. The number of ketones is 1. The van der Waals surface area contributed by atoms with E-state index in [4.69, 9.17) is 28.5 Å². The summed E-state index contributed by atoms with van der Waals surface area (Å²) in [4.78, 5) is 18.0. The molecular formula is C20H15NO7. The first kappa shape index (κ1) is 16.5. The SMILES string of the molecule is CO/N=C1\C(c2cc3c(cc2OC)OCO3)=CC(=O)c2cc3c(cc21)OCO3. The van der Waals surface area contributed by atoms with Crippen LogP contribution in [-0.4, -0.2) is 39.3 Å². The van der Waals surface area contributed by atoms with E-state index in [1.165, 1.54) is 13.2 Å². The highest BCUT2D eigenvalue weighted by molar-refractivity contribution is 6.41. The lowest BCUT2D eigenvalue weighted by Crippen LogP contribution is -2.18. The summed E-state index contributed by atoms with van der Waals surface area (Å²) in [6.07, 6.45) is 1.50. The molecule has 0 saturated carbocycles. The second-order valence-corrected chi connectivity index (χ2v) is 6.20. The molecule has 28 heavy (non-hydrogen) atoms. The molecule has 8 nitrogen and oxygen atoms in total. The Morgan fingerprint density at radius 2 is 1.39 bits per heavy atom. The van der Waals surface area contributed by atoms with Gasteiger partial charge < -0.3 is 28.5 Å². The number of fused-ring (bicyclic) bond motifs is 3. The van der Waals surface area contributed by atoms with Crippen LogP contribution in [0.1, 0.15) is 21.5 Å². The summed E-state index contributed by atoms with van der Waals surface area (Å²) in [5.74, 6) is 2.57. The number of allylic oxidation sites excluding steroid dienone is 2. The number of rotatable bonds is 3. The molecule has 0 fully saturated rings. The summed E-state index contributed by atoms with van der Waals surface area (Å²) in [5, 5.41) is 4.18. The predicted molar refractivity (Wildman–Crippen MR) is 97.5 cm³/mol. The Hall–Kier alpha value is -3.68. The van der Waals surface area contributed by atoms with Crippen LogP contribution in [0.2, 0.25) is 0 Å². The lowest BCUT2D eigenvalue weighted by Gasteiger charge is -2.20. The minimum Gasteiger partial charge on any atom is -0.496 e. The predicted octanol–water partition coefficient (Wildman–Crippen LogP) is 2.78. The van der Waals surface area contributed by atoms with Crippen LogP contribution < -0.4 is 23.7 Å². The molecule has 0 radical (unpaired) electrons. The molecule has 2 heterocycles. The standard InChI is InChI=1S/C20H15NO7/c1-23-15-7-19-17(26-9-28-19)5-11(15)12-3-14(22)10-4-16-18(27-8-25-16)6-13(10)20(12)21-24-2/h3-7H,8-9H2,1-2H3/b21-20+. The highest BCUT2D eigenvalue weighted by Gasteiger charge is 2.32. The summed E-state index contributed by atoms with van der Waals surface area (Å²) >= 11 is 0. The van der Waals surface area contributed by atoms with Gasteiger partial charge in [0.25, 0.3) is 0 Å². The highest BCUT2D eigenvalue weighted by atomic mass is 16.7. The molecule has 0 spiro atoms. The van der Waals surface area contributed by atoms with Gasteiger partial charge in [0, 0.05) is 28.3 Å². The summed E-state index contributed by atoms with van der Waals surface area (Å²) in [6.45, 7) is 0.241. The largest absolute Gasteiger partial charge is 0.496 e. The Balaban J connectivity index is 1.71. The first-order valence-electron chi connectivity index (χ1n) is 8.49. The lowest BCUT2D eigenvalue weighted by molar-refractivity contribution is 0.104. The van der Waals surface area contributed by atoms with Crippen molar-refractivity contribution in [2.24, 2.45) is 5.16 Å². The van der Waals surface area contributed by atoms with Gasteiger partial charge in [-0.3, -0.25) is 4.79 Å². The molecular weight excluding hydrogens is 366 g/mol. The molecule has 2 aromatic carbocycles. The molecule has 1 aliphatic carbocycles. The fourth-order valence-corrected chi connectivity index (χ4v) is 3.46. The molecule has 0 atom stereocenters. The quantitative estimate of drug-likeness (QED) is 0.756. The summed E-state index contributed by atoms with van der Waals surface area (Å²) < 4.78 is 27.3. The minimum atomic E-state index is -0.182. The molecule has 0 aromatic heterocycles. The van der Waals surface area contributed by atoms with Gasteiger partial charge in [-0.25, -0.2) is 0 Å². The lowest BCUT2D eigenvalue weighted by atomic mass is 9.85. The number of carbonyl (C=O) groups excluding carboxylic acids is 1. The third-order valence-electron chi connectivity index (χ3n) is 4.73. The summed E-state index contributed by atoms with van der Waals surface area (Å²) in [6, 6.07) is 6.89. The number of carbonyl (C=O) groups is 1. The normalized spacial score (nSPS) is 17.4. The van der Waals surface area contributed by atoms with Crippen LogP contribution in [0.25, 0.3) is 5.57 Å². The van der Waals surface area contributed by atoms with Gasteiger partial charge in [0.1, 0.15) is 18.6 Å². The van der Waals surface area contributed by atoms with Crippen LogP contribution in [0.3, 0.4) is 0 Å². The van der Waals surface area contributed by atoms with E-state index in [9.17, 15) is 4.79 Å². The maximum absolute atomic E-state index is 12.9. The molecule has 2 aliphatic heterocycles. The third kappa shape index (κ3) is 2.38. The molecule has 0 unspecified atom stereocenters. The van der Waals surface area contributed by atoms with Crippen molar-refractivity contribution < 1.29 is 33.3 Å². The van der Waals surface area contributed by atoms with Gasteiger partial charge in [0.05, 0.1) is 7.11 Å². The topological polar surface area (TPSA) is 84.8 Å². The zero-order chi connectivity index (χ0) is 19.3. The van der Waals surface area contributed by atoms with Crippen LogP contribution in [0.15, 0.2) is 35.5 Å². The van der Waals surface area contributed by atoms with E-state index in [0.29, 0.717) is 56.7 Å². The van der Waals surface area contributed by atoms with Gasteiger partial charge in [-0.1, -0.05) is 5.16 Å². The Bertz CT molecular complexity index is 1070. The number of methoxy groups -OCH3 is 1. The summed E-state index contributed by atoms with van der Waals surface area (Å²) in [7, 11) is 3.00. The smallest absolute Gasteiger partial charge is 0.231 e. The van der Waals surface area contributed by atoms with Crippen molar-refractivity contribution in [3.05, 3.63) is 47.0 Å². The van der Waals surface area contributed by atoms with Gasteiger partial charge >= 0.3 is 0 Å². The zero-order valence-electron chi connectivity index (χ0n) is 15.1. The molecule has 8 heteroatoms. The van der Waals surface area contributed by atoms with E-state index in [0.717, 1.165) is 0 Å². The maximum Gasteiger partial charge on any atom is 0.231 e. The van der Waals surface area contributed by atoms with Crippen LogP contribution >= 0.6 is 0 Å². The van der Waals surface area contributed by atoms with Crippen molar-refractivity contribution in [3.8, 4) is 28.7 Å². The maximum atomic E-state index is 12.9. The highest BCUT2D eigenvalue weighted by Crippen LogP contribution is 2.44. The Labute approximate surface area is 159 Å². The fourth-order valence-electron chi connectivity index (χ4n) is 3.46. The number of nitrogens with zero attached hydrogens (tertiary/aromatic N) is 1. The molecule has 2 aromatic rings. The minimum absolute atomic E-state index is 0.111. The molecule has 0 saturated heterocycles. The van der Waals surface area contributed by atoms with Crippen molar-refractivity contribution in [2.45, 2.75) is 0 Å². The number of ether oxygens (including phenoxy) is 5. The summed E-state index contributed by atoms with van der Waals surface area (Å²) in [5.41, 5.74) is 2.72. The number of benzene rings is 2. The molecule has 5 rings (SSSR count). The van der Waals surface area contributed by atoms with Gasteiger partial charge in [-0.2, -0.15) is 0 Å². The van der Waals surface area contributed by atoms with Crippen molar-refractivity contribution in [3.63, 3.8) is 0 Å². The molecule has 0 amide bonds. The molecule has 0 bridgehead atoms. The number of oxime groups is 1. The zero-order valence-corrected chi connectivity index (χ0v) is 15.1. The van der Waals surface area contributed by atoms with E-state index >= 15 is 0 Å². The van der Waals surface area contributed by atoms with Crippen LogP contribution in [-0.2, 0) is 4.84 Å². The van der Waals surface area contributed by atoms with Crippen LogP contribution in [0.4, 0.5) is 0 Å². The van der Waals surface area contributed by atoms with Crippen LogP contribution in [0.5, 0.6) is 28.7 Å². The third-order valence-corrected chi connectivity index (χ3v) is 4.73. The van der Waals surface area contributed by atoms with E-state index < -0.39 is 0 Å². The van der Waals surface area contributed by atoms with Gasteiger partial charge in [-0.05, 0) is 24.3 Å². The van der Waals surface area contributed by atoms with E-state index in [-0.39, 0.29) is 19.4 Å². The number of hydrogen-bond acceptors (Lipinski definition) is 8. The van der Waals surface area contributed by atoms with E-state index in [1.807, 2.05) is 0 Å². The van der Waals surface area contributed by atoms with Crippen molar-refractivity contribution in [2.75, 3.05) is 27.8 Å². The molecule has 0 N–H and O–H groups in total. The Morgan fingerprint density at radius 1 is 0.821 bits per heavy atom. The first-order valence-corrected chi connectivity index (χ1v) is 8.49. The monoisotopic (exact) mass is 381 g/mol.